The van der Waals surface area contributed by atoms with Gasteiger partial charge >= 0.3 is 11.4 Å². The Balaban J connectivity index is 0.000000186. The number of nitro groups is 2. The van der Waals surface area contributed by atoms with Crippen LogP contribution < -0.4 is 4.74 Å². The van der Waals surface area contributed by atoms with Gasteiger partial charge in [-0.1, -0.05) is 123 Å². The first-order chi connectivity index (χ1) is 31.0. The van der Waals surface area contributed by atoms with E-state index in [0.29, 0.717) is 18.2 Å². The van der Waals surface area contributed by atoms with Gasteiger partial charge in [0.25, 0.3) is 0 Å². The second-order valence-corrected chi connectivity index (χ2v) is 20.6. The minimum Gasteiger partial charge on any atom is -0.502 e. The molecule has 2 unspecified atom stereocenters. The first-order valence-corrected chi connectivity index (χ1v) is 25.2. The molecular formula is C52H51Br4ClN2O6. The second kappa shape index (κ2) is 23.1. The Hall–Kier alpha value is -4.07. The van der Waals surface area contributed by atoms with E-state index in [1.807, 2.05) is 56.3 Å². The second-order valence-electron chi connectivity index (χ2n) is 16.9. The van der Waals surface area contributed by atoms with Crippen LogP contribution in [0.1, 0.15) is 104 Å². The van der Waals surface area contributed by atoms with Crippen LogP contribution in [0.3, 0.4) is 0 Å². The summed E-state index contributed by atoms with van der Waals surface area (Å²) >= 11 is 20.0. The van der Waals surface area contributed by atoms with E-state index in [0.717, 1.165) is 103 Å². The molecule has 0 aromatic heterocycles. The molecule has 2 aliphatic carbocycles. The molecule has 0 saturated heterocycles. The van der Waals surface area contributed by atoms with E-state index < -0.39 is 4.92 Å². The van der Waals surface area contributed by atoms with Gasteiger partial charge in [-0.2, -0.15) is 0 Å². The van der Waals surface area contributed by atoms with E-state index in [-0.39, 0.29) is 33.9 Å². The van der Waals surface area contributed by atoms with Crippen molar-refractivity contribution in [3.63, 3.8) is 0 Å². The fourth-order valence-corrected chi connectivity index (χ4v) is 11.1. The number of rotatable bonds is 10. The monoisotopic (exact) mass is 1150 g/mol. The molecule has 0 saturated carbocycles. The summed E-state index contributed by atoms with van der Waals surface area (Å²) in [6.45, 7) is 8.52. The molecule has 13 heteroatoms. The fourth-order valence-electron chi connectivity index (χ4n) is 8.40. The van der Waals surface area contributed by atoms with Gasteiger partial charge in [-0.15, -0.1) is 11.6 Å². The lowest BCUT2D eigenvalue weighted by molar-refractivity contribution is -0.386. The van der Waals surface area contributed by atoms with Crippen LogP contribution in [-0.4, -0.2) is 15.0 Å². The normalized spacial score (nSPS) is 15.0. The number of nitro benzene ring substituents is 2. The Labute approximate surface area is 420 Å². The third-order valence-corrected chi connectivity index (χ3v) is 15.8. The van der Waals surface area contributed by atoms with Crippen LogP contribution >= 0.6 is 75.3 Å². The van der Waals surface area contributed by atoms with E-state index in [4.69, 9.17) is 16.3 Å². The molecular weight excluding hydrogens is 1100 g/mol. The number of nitrogens with zero attached hydrogens (tertiary/aromatic N) is 2. The van der Waals surface area contributed by atoms with Gasteiger partial charge in [0, 0.05) is 35.9 Å². The average Bonchev–Trinajstić information content (AvgIpc) is 3.27. The van der Waals surface area contributed by atoms with E-state index in [2.05, 4.69) is 114 Å². The molecule has 0 fully saturated rings. The number of aryl methyl sites for hydroxylation is 4. The summed E-state index contributed by atoms with van der Waals surface area (Å²) in [5.41, 5.74) is 13.5. The summed E-state index contributed by atoms with van der Waals surface area (Å²) in [6, 6.07) is 31.6. The van der Waals surface area contributed by atoms with Crippen LogP contribution in [0.5, 0.6) is 11.5 Å². The Morgan fingerprint density at radius 1 is 0.600 bits per heavy atom. The van der Waals surface area contributed by atoms with Crippen molar-refractivity contribution < 1.29 is 19.7 Å². The molecule has 1 N–H and O–H groups in total. The van der Waals surface area contributed by atoms with Crippen molar-refractivity contribution >= 4 is 86.7 Å². The van der Waals surface area contributed by atoms with Gasteiger partial charge in [-0.3, -0.25) is 20.2 Å². The maximum Gasteiger partial charge on any atom is 0.311 e. The van der Waals surface area contributed by atoms with Gasteiger partial charge in [0.05, 0.1) is 9.85 Å². The summed E-state index contributed by atoms with van der Waals surface area (Å²) in [4.78, 5) is 22.2. The van der Waals surface area contributed by atoms with Gasteiger partial charge in [-0.05, 0) is 183 Å². The third-order valence-electron chi connectivity index (χ3n) is 12.2. The van der Waals surface area contributed by atoms with Crippen LogP contribution in [0.4, 0.5) is 11.4 Å². The van der Waals surface area contributed by atoms with Gasteiger partial charge in [0.15, 0.2) is 11.5 Å². The quantitative estimate of drug-likeness (QED) is 0.0830. The zero-order valence-electron chi connectivity index (χ0n) is 36.7. The van der Waals surface area contributed by atoms with Crippen molar-refractivity contribution in [2.45, 2.75) is 103 Å². The summed E-state index contributed by atoms with van der Waals surface area (Å²) in [5, 5.41) is 32.9. The molecule has 0 radical (unpaired) electrons. The van der Waals surface area contributed by atoms with Crippen LogP contribution in [0, 0.1) is 47.9 Å². The summed E-state index contributed by atoms with van der Waals surface area (Å²) in [6.07, 6.45) is 7.58. The highest BCUT2D eigenvalue weighted by Gasteiger charge is 2.28. The Morgan fingerprint density at radius 2 is 1.02 bits per heavy atom. The smallest absolute Gasteiger partial charge is 0.311 e. The molecule has 0 spiro atoms. The van der Waals surface area contributed by atoms with Crippen molar-refractivity contribution in [1.29, 1.82) is 0 Å². The molecule has 0 aliphatic heterocycles. The molecule has 0 amide bonds. The van der Waals surface area contributed by atoms with E-state index in [1.54, 1.807) is 18.2 Å². The van der Waals surface area contributed by atoms with Crippen molar-refractivity contribution in [3.8, 4) is 11.5 Å². The summed E-state index contributed by atoms with van der Waals surface area (Å²) in [7, 11) is 0. The molecule has 0 heterocycles. The van der Waals surface area contributed by atoms with Gasteiger partial charge < -0.3 is 9.84 Å². The summed E-state index contributed by atoms with van der Waals surface area (Å²) < 4.78 is 10.2. The highest BCUT2D eigenvalue weighted by atomic mass is 79.9. The summed E-state index contributed by atoms with van der Waals surface area (Å²) in [5.74, 6) is 1.22. The average molecular weight is 1160 g/mol. The Morgan fingerprint density at radius 3 is 1.45 bits per heavy atom. The van der Waals surface area contributed by atoms with Crippen LogP contribution in [0.2, 0.25) is 0 Å². The first-order valence-electron chi connectivity index (χ1n) is 21.5. The largest absolute Gasteiger partial charge is 0.502 e. The molecule has 0 bridgehead atoms. The lowest BCUT2D eigenvalue weighted by Gasteiger charge is -2.26. The number of hydrogen-bond donors (Lipinski definition) is 1. The molecule has 8 rings (SSSR count). The number of benzene rings is 6. The maximum absolute atomic E-state index is 11.9. The minimum atomic E-state index is -0.514. The standard InChI is InChI=1S/C26H25Br2NO3.C18H17Br2NO3.C8H9Cl/c1-16-6-8-18(9-7-16)15-32-26-13-21-5-3-4-20(22(21)14-25(26)29(30)31)10-19-11-23(27)17(2)24(28)12-19;1-10-15(19)6-11(7-16(10)20)5-12-3-2-4-13-8-18(22)17(21(23)24)9-14(12)13;1-7-2-4-8(6-9)5-3-7/h6-9,11-14,20H,3-5,10,15H2,1-2H3;6-9,12,22H,2-5H2,1H3;2-5H,6H2,1H3. The molecule has 6 aromatic rings. The maximum atomic E-state index is 11.9. The molecule has 2 aliphatic rings. The lowest BCUT2D eigenvalue weighted by Crippen LogP contribution is -2.14. The highest BCUT2D eigenvalue weighted by Crippen LogP contribution is 2.43. The highest BCUT2D eigenvalue weighted by molar-refractivity contribution is 9.11. The zero-order valence-corrected chi connectivity index (χ0v) is 43.8. The fraction of sp³-hybridized carbons (Fsp3) is 0.308. The van der Waals surface area contributed by atoms with Crippen molar-refractivity contribution in [3.05, 3.63) is 202 Å². The molecule has 8 nitrogen and oxygen atoms in total. The lowest BCUT2D eigenvalue weighted by atomic mass is 9.79. The molecule has 340 valence electrons. The van der Waals surface area contributed by atoms with Crippen LogP contribution in [-0.2, 0) is 38.2 Å². The number of aromatic hydroxyl groups is 1. The number of fused-ring (bicyclic) bond motifs is 2. The van der Waals surface area contributed by atoms with E-state index in [9.17, 15) is 25.3 Å². The molecule has 2 atom stereocenters. The third kappa shape index (κ3) is 13.3. The Bertz CT molecular complexity index is 2630. The van der Waals surface area contributed by atoms with Gasteiger partial charge in [0.1, 0.15) is 6.61 Å². The van der Waals surface area contributed by atoms with Crippen molar-refractivity contribution in [1.82, 2.24) is 0 Å². The van der Waals surface area contributed by atoms with Crippen LogP contribution in [0.15, 0.2) is 115 Å². The number of alkyl halides is 1. The Kier molecular flexibility index (Phi) is 17.9. The number of hydrogen-bond acceptors (Lipinski definition) is 6. The zero-order chi connectivity index (χ0) is 46.9. The molecule has 6 aromatic carbocycles. The topological polar surface area (TPSA) is 116 Å². The predicted molar refractivity (Wildman–Crippen MR) is 276 cm³/mol. The number of ether oxygens (including phenoxy) is 1. The van der Waals surface area contributed by atoms with E-state index >= 15 is 0 Å². The van der Waals surface area contributed by atoms with Crippen molar-refractivity contribution in [2.75, 3.05) is 0 Å². The molecule has 65 heavy (non-hydrogen) atoms. The number of halogens is 5. The first kappa shape index (κ1) is 50.3. The minimum absolute atomic E-state index is 0.0500. The van der Waals surface area contributed by atoms with E-state index in [1.165, 1.54) is 33.4 Å². The number of phenolic OH excluding ortho intramolecular Hbond substituents is 1. The van der Waals surface area contributed by atoms with Crippen molar-refractivity contribution in [2.24, 2.45) is 0 Å². The SMILES string of the molecule is Cc1c(Br)cc(CC2CCCc3cc(O)c([N+](=O)[O-])cc32)cc1Br.Cc1ccc(CCl)cc1.Cc1ccc(COc2cc3c(cc2[N+](=O)[O-])C(Cc2cc(Br)c(C)c(Br)c2)CCC3)cc1. The van der Waals surface area contributed by atoms with Gasteiger partial charge in [0.2, 0.25) is 0 Å². The van der Waals surface area contributed by atoms with Crippen LogP contribution in [0.25, 0.3) is 0 Å². The van der Waals surface area contributed by atoms with Gasteiger partial charge in [-0.25, -0.2) is 0 Å². The number of phenols is 1. The predicted octanol–water partition coefficient (Wildman–Crippen LogP) is 16.5.